The van der Waals surface area contributed by atoms with Gasteiger partial charge in [0.2, 0.25) is 0 Å². The molecule has 1 aromatic heterocycles. The van der Waals surface area contributed by atoms with Crippen LogP contribution in [0.25, 0.3) is 11.0 Å². The summed E-state index contributed by atoms with van der Waals surface area (Å²) in [6.45, 7) is 6.07. The summed E-state index contributed by atoms with van der Waals surface area (Å²) in [5.41, 5.74) is 0.628. The molecule has 14 heavy (non-hydrogen) atoms. The number of ether oxygens (including phenoxy) is 1. The van der Waals surface area contributed by atoms with Crippen LogP contribution in [-0.2, 0) is 0 Å². The first-order chi connectivity index (χ1) is 6.56. The van der Waals surface area contributed by atoms with E-state index in [0.29, 0.717) is 0 Å². The number of benzene rings is 1. The highest BCUT2D eigenvalue weighted by Crippen LogP contribution is 2.28. The Hall–Kier alpha value is -1.44. The Labute approximate surface area is 83.5 Å². The first-order valence-electron chi connectivity index (χ1n) is 4.71. The maximum absolute atomic E-state index is 5.78. The Kier molecular flexibility index (Phi) is 1.99. The van der Waals surface area contributed by atoms with E-state index in [9.17, 15) is 0 Å². The Bertz CT molecular complexity index is 435. The maximum Gasteiger partial charge on any atom is 0.175 e. The highest BCUT2D eigenvalue weighted by molar-refractivity contribution is 5.82. The van der Waals surface area contributed by atoms with Gasteiger partial charge in [-0.15, -0.1) is 0 Å². The fraction of sp³-hybridized carbons (Fsp3) is 0.333. The first-order valence-corrected chi connectivity index (χ1v) is 4.71. The molecule has 1 aromatic carbocycles. The number of fused-ring (bicyclic) bond motifs is 1. The average Bonchev–Trinajstić information content (AvgIpc) is 2.49. The van der Waals surface area contributed by atoms with Gasteiger partial charge in [-0.25, -0.2) is 0 Å². The molecule has 74 valence electrons. The minimum Gasteiger partial charge on any atom is -0.484 e. The van der Waals surface area contributed by atoms with Gasteiger partial charge in [-0.1, -0.05) is 12.1 Å². The summed E-state index contributed by atoms with van der Waals surface area (Å²) < 4.78 is 11.1. The predicted octanol–water partition coefficient (Wildman–Crippen LogP) is 3.61. The summed E-state index contributed by atoms with van der Waals surface area (Å²) in [6.07, 6.45) is 1.68. The van der Waals surface area contributed by atoms with Crippen LogP contribution in [0.2, 0.25) is 0 Å². The van der Waals surface area contributed by atoms with E-state index in [1.54, 1.807) is 6.26 Å². The van der Waals surface area contributed by atoms with Crippen molar-refractivity contribution in [3.63, 3.8) is 0 Å². The summed E-state index contributed by atoms with van der Waals surface area (Å²) >= 11 is 0. The molecule has 0 spiro atoms. The highest BCUT2D eigenvalue weighted by atomic mass is 16.5. The highest BCUT2D eigenvalue weighted by Gasteiger charge is 2.14. The van der Waals surface area contributed by atoms with E-state index in [4.69, 9.17) is 9.15 Å². The third-order valence-corrected chi connectivity index (χ3v) is 1.86. The molecule has 0 atom stereocenters. The maximum atomic E-state index is 5.78. The molecule has 0 fully saturated rings. The van der Waals surface area contributed by atoms with E-state index in [-0.39, 0.29) is 5.60 Å². The molecule has 0 aliphatic rings. The van der Waals surface area contributed by atoms with Crippen LogP contribution < -0.4 is 4.74 Å². The second kappa shape index (κ2) is 3.05. The van der Waals surface area contributed by atoms with Crippen molar-refractivity contribution in [2.24, 2.45) is 0 Å². The number of para-hydroxylation sites is 1. The quantitative estimate of drug-likeness (QED) is 0.685. The number of hydrogen-bond donors (Lipinski definition) is 0. The zero-order valence-electron chi connectivity index (χ0n) is 8.70. The van der Waals surface area contributed by atoms with Crippen molar-refractivity contribution in [3.05, 3.63) is 30.5 Å². The molecule has 0 saturated carbocycles. The lowest BCUT2D eigenvalue weighted by Crippen LogP contribution is -2.22. The van der Waals surface area contributed by atoms with Crippen LogP contribution in [0.5, 0.6) is 5.75 Å². The van der Waals surface area contributed by atoms with Gasteiger partial charge in [0.05, 0.1) is 6.26 Å². The Morgan fingerprint density at radius 1 is 1.14 bits per heavy atom. The van der Waals surface area contributed by atoms with Gasteiger partial charge in [0, 0.05) is 5.39 Å². The normalized spacial score (nSPS) is 11.9. The molecule has 0 unspecified atom stereocenters. The molecule has 2 heteroatoms. The summed E-state index contributed by atoms with van der Waals surface area (Å²) in [4.78, 5) is 0. The van der Waals surface area contributed by atoms with Crippen LogP contribution in [0.1, 0.15) is 20.8 Å². The number of rotatable bonds is 1. The average molecular weight is 190 g/mol. The zero-order chi connectivity index (χ0) is 10.2. The third-order valence-electron chi connectivity index (χ3n) is 1.86. The lowest BCUT2D eigenvalue weighted by Gasteiger charge is -2.21. The van der Waals surface area contributed by atoms with Crippen LogP contribution in [0.15, 0.2) is 34.9 Å². The van der Waals surface area contributed by atoms with Crippen molar-refractivity contribution in [2.45, 2.75) is 26.4 Å². The molecule has 1 heterocycles. The second-order valence-electron chi connectivity index (χ2n) is 4.31. The van der Waals surface area contributed by atoms with Crippen LogP contribution in [0.3, 0.4) is 0 Å². The minimum atomic E-state index is -0.193. The standard InChI is InChI=1S/C12H14O2/c1-12(2,3)14-10-6-4-5-9-7-8-13-11(9)10/h4-8H,1-3H3. The molecule has 0 saturated heterocycles. The lowest BCUT2D eigenvalue weighted by molar-refractivity contribution is 0.131. The monoisotopic (exact) mass is 190 g/mol. The fourth-order valence-electron chi connectivity index (χ4n) is 1.38. The predicted molar refractivity (Wildman–Crippen MR) is 56.6 cm³/mol. The zero-order valence-corrected chi connectivity index (χ0v) is 8.70. The van der Waals surface area contributed by atoms with Crippen molar-refractivity contribution in [2.75, 3.05) is 0 Å². The van der Waals surface area contributed by atoms with E-state index < -0.39 is 0 Å². The summed E-state index contributed by atoms with van der Waals surface area (Å²) in [5.74, 6) is 0.806. The fourth-order valence-corrected chi connectivity index (χ4v) is 1.38. The Morgan fingerprint density at radius 3 is 2.64 bits per heavy atom. The molecule has 2 nitrogen and oxygen atoms in total. The largest absolute Gasteiger partial charge is 0.484 e. The molecule has 0 aliphatic carbocycles. The van der Waals surface area contributed by atoms with Gasteiger partial charge in [-0.2, -0.15) is 0 Å². The molecule has 2 aromatic rings. The van der Waals surface area contributed by atoms with Gasteiger partial charge in [0.25, 0.3) is 0 Å². The molecule has 0 N–H and O–H groups in total. The lowest BCUT2D eigenvalue weighted by atomic mass is 10.2. The van der Waals surface area contributed by atoms with Gasteiger partial charge >= 0.3 is 0 Å². The summed E-state index contributed by atoms with van der Waals surface area (Å²) in [5, 5.41) is 1.08. The molecule has 0 aliphatic heterocycles. The van der Waals surface area contributed by atoms with Crippen molar-refractivity contribution >= 4 is 11.0 Å². The van der Waals surface area contributed by atoms with Gasteiger partial charge in [-0.3, -0.25) is 0 Å². The Morgan fingerprint density at radius 2 is 1.93 bits per heavy atom. The van der Waals surface area contributed by atoms with Crippen molar-refractivity contribution < 1.29 is 9.15 Å². The van der Waals surface area contributed by atoms with E-state index in [1.165, 1.54) is 0 Å². The molecular weight excluding hydrogens is 176 g/mol. The van der Waals surface area contributed by atoms with Crippen molar-refractivity contribution in [1.82, 2.24) is 0 Å². The van der Waals surface area contributed by atoms with E-state index in [0.717, 1.165) is 16.7 Å². The molecule has 0 amide bonds. The van der Waals surface area contributed by atoms with Gasteiger partial charge in [-0.05, 0) is 32.9 Å². The number of hydrogen-bond acceptors (Lipinski definition) is 2. The SMILES string of the molecule is CC(C)(C)Oc1cccc2ccoc12. The van der Waals surface area contributed by atoms with Crippen LogP contribution in [-0.4, -0.2) is 5.60 Å². The summed E-state index contributed by atoms with van der Waals surface area (Å²) in [6, 6.07) is 7.84. The van der Waals surface area contributed by atoms with Crippen LogP contribution in [0.4, 0.5) is 0 Å². The van der Waals surface area contributed by atoms with E-state index in [1.807, 2.05) is 45.0 Å². The van der Waals surface area contributed by atoms with Crippen molar-refractivity contribution in [1.29, 1.82) is 0 Å². The van der Waals surface area contributed by atoms with Gasteiger partial charge in [0.1, 0.15) is 5.60 Å². The van der Waals surface area contributed by atoms with Crippen LogP contribution >= 0.6 is 0 Å². The summed E-state index contributed by atoms with van der Waals surface area (Å²) in [7, 11) is 0. The smallest absolute Gasteiger partial charge is 0.175 e. The number of furan rings is 1. The van der Waals surface area contributed by atoms with E-state index in [2.05, 4.69) is 0 Å². The van der Waals surface area contributed by atoms with Gasteiger partial charge in [0.15, 0.2) is 11.3 Å². The molecule has 0 radical (unpaired) electrons. The first kappa shape index (κ1) is 9.13. The van der Waals surface area contributed by atoms with Crippen molar-refractivity contribution in [3.8, 4) is 5.75 Å². The molecule has 2 rings (SSSR count). The molecular formula is C12H14O2. The molecule has 0 bridgehead atoms. The van der Waals surface area contributed by atoms with E-state index >= 15 is 0 Å². The topological polar surface area (TPSA) is 22.4 Å². The Balaban J connectivity index is 2.46. The van der Waals surface area contributed by atoms with Crippen LogP contribution in [0, 0.1) is 0 Å². The third kappa shape index (κ3) is 1.74. The second-order valence-corrected chi connectivity index (χ2v) is 4.31. The minimum absolute atomic E-state index is 0.193. The van der Waals surface area contributed by atoms with Gasteiger partial charge < -0.3 is 9.15 Å².